The van der Waals surface area contributed by atoms with Gasteiger partial charge in [0, 0.05) is 33.2 Å². The van der Waals surface area contributed by atoms with Crippen LogP contribution in [-0.4, -0.2) is 7.11 Å². The lowest BCUT2D eigenvalue weighted by atomic mass is 10.1. The molecule has 0 unspecified atom stereocenters. The topological polar surface area (TPSA) is 39.4 Å². The standard InChI is InChI=1S/C17H12Cl2O3S/c1-21-12-3-4-13-10(6-17(20)22-15(13)8-12)9-23-16-7-11(18)2-5-14(16)19/h2-8H,9H2,1H3. The van der Waals surface area contributed by atoms with Crippen molar-refractivity contribution in [2.75, 3.05) is 7.11 Å². The molecule has 0 amide bonds. The minimum absolute atomic E-state index is 0.390. The molecule has 118 valence electrons. The van der Waals surface area contributed by atoms with E-state index in [1.807, 2.05) is 18.2 Å². The average molecular weight is 367 g/mol. The molecule has 0 saturated carbocycles. The third kappa shape index (κ3) is 3.66. The van der Waals surface area contributed by atoms with Crippen LogP contribution in [0.15, 0.2) is 56.6 Å². The summed E-state index contributed by atoms with van der Waals surface area (Å²) in [7, 11) is 1.57. The first-order valence-corrected chi connectivity index (χ1v) is 8.49. The Bertz CT molecular complexity index is 921. The van der Waals surface area contributed by atoms with E-state index in [2.05, 4.69) is 0 Å². The number of methoxy groups -OCH3 is 1. The maximum atomic E-state index is 11.8. The summed E-state index contributed by atoms with van der Waals surface area (Å²) in [5, 5.41) is 2.13. The van der Waals surface area contributed by atoms with Crippen molar-refractivity contribution in [2.24, 2.45) is 0 Å². The van der Waals surface area contributed by atoms with Crippen LogP contribution in [-0.2, 0) is 5.75 Å². The maximum Gasteiger partial charge on any atom is 0.336 e. The van der Waals surface area contributed by atoms with Crippen LogP contribution in [0.4, 0.5) is 0 Å². The molecule has 0 saturated heterocycles. The summed E-state index contributed by atoms with van der Waals surface area (Å²) in [6.45, 7) is 0. The summed E-state index contributed by atoms with van der Waals surface area (Å²) in [5.74, 6) is 1.22. The molecule has 0 spiro atoms. The summed E-state index contributed by atoms with van der Waals surface area (Å²) in [4.78, 5) is 12.6. The highest BCUT2D eigenvalue weighted by atomic mass is 35.5. The summed E-state index contributed by atoms with van der Waals surface area (Å²) in [6.07, 6.45) is 0. The molecule has 0 fully saturated rings. The highest BCUT2D eigenvalue weighted by Crippen LogP contribution is 2.33. The van der Waals surface area contributed by atoms with E-state index in [4.69, 9.17) is 32.4 Å². The first-order valence-electron chi connectivity index (χ1n) is 6.75. The number of rotatable bonds is 4. The molecule has 0 atom stereocenters. The Morgan fingerprint density at radius 1 is 1.13 bits per heavy atom. The fraction of sp³-hybridized carbons (Fsp3) is 0.118. The minimum Gasteiger partial charge on any atom is -0.497 e. The molecule has 0 N–H and O–H groups in total. The van der Waals surface area contributed by atoms with Crippen molar-refractivity contribution in [1.29, 1.82) is 0 Å². The zero-order valence-electron chi connectivity index (χ0n) is 12.1. The van der Waals surface area contributed by atoms with Gasteiger partial charge in [0.05, 0.1) is 12.1 Å². The Morgan fingerprint density at radius 3 is 2.74 bits per heavy atom. The molecule has 1 aromatic heterocycles. The van der Waals surface area contributed by atoms with Crippen LogP contribution in [0.1, 0.15) is 5.56 Å². The highest BCUT2D eigenvalue weighted by molar-refractivity contribution is 7.98. The van der Waals surface area contributed by atoms with Crippen LogP contribution >= 0.6 is 35.0 Å². The van der Waals surface area contributed by atoms with Crippen LogP contribution in [0.25, 0.3) is 11.0 Å². The molecule has 0 aliphatic rings. The van der Waals surface area contributed by atoms with Gasteiger partial charge in [0.1, 0.15) is 11.3 Å². The number of ether oxygens (including phenoxy) is 1. The van der Waals surface area contributed by atoms with Gasteiger partial charge in [-0.2, -0.15) is 0 Å². The van der Waals surface area contributed by atoms with Crippen LogP contribution in [0, 0.1) is 0 Å². The van der Waals surface area contributed by atoms with Gasteiger partial charge < -0.3 is 9.15 Å². The van der Waals surface area contributed by atoms with Crippen molar-refractivity contribution < 1.29 is 9.15 Å². The molecule has 0 aliphatic carbocycles. The molecule has 3 nitrogen and oxygen atoms in total. The number of halogens is 2. The minimum atomic E-state index is -0.390. The molecule has 6 heteroatoms. The second kappa shape index (κ2) is 6.87. The van der Waals surface area contributed by atoms with Crippen molar-refractivity contribution in [3.05, 3.63) is 68.5 Å². The molecule has 3 aromatic rings. The average Bonchev–Trinajstić information content (AvgIpc) is 2.54. The third-order valence-corrected chi connectivity index (χ3v) is 5.09. The fourth-order valence-corrected chi connectivity index (χ4v) is 3.68. The van der Waals surface area contributed by atoms with Crippen molar-refractivity contribution in [1.82, 2.24) is 0 Å². The first-order chi connectivity index (χ1) is 11.1. The zero-order chi connectivity index (χ0) is 16.4. The van der Waals surface area contributed by atoms with Gasteiger partial charge in [0.2, 0.25) is 0 Å². The highest BCUT2D eigenvalue weighted by Gasteiger charge is 2.09. The number of hydrogen-bond acceptors (Lipinski definition) is 4. The van der Waals surface area contributed by atoms with E-state index in [1.165, 1.54) is 17.8 Å². The molecule has 3 rings (SSSR count). The van der Waals surface area contributed by atoms with Gasteiger partial charge >= 0.3 is 5.63 Å². The summed E-state index contributed by atoms with van der Waals surface area (Å²) < 4.78 is 10.4. The largest absolute Gasteiger partial charge is 0.497 e. The van der Waals surface area contributed by atoms with Crippen LogP contribution in [0.2, 0.25) is 10.0 Å². The molecule has 1 heterocycles. The van der Waals surface area contributed by atoms with Crippen molar-refractivity contribution in [3.63, 3.8) is 0 Å². The van der Waals surface area contributed by atoms with E-state index >= 15 is 0 Å². The lowest BCUT2D eigenvalue weighted by Crippen LogP contribution is -2.00. The van der Waals surface area contributed by atoms with E-state index in [0.717, 1.165) is 15.8 Å². The van der Waals surface area contributed by atoms with Gasteiger partial charge in [0.15, 0.2) is 0 Å². The van der Waals surface area contributed by atoms with E-state index in [9.17, 15) is 4.79 Å². The van der Waals surface area contributed by atoms with Crippen molar-refractivity contribution in [3.8, 4) is 5.75 Å². The number of thioether (sulfide) groups is 1. The Kier molecular flexibility index (Phi) is 4.85. The van der Waals surface area contributed by atoms with Gasteiger partial charge in [-0.1, -0.05) is 23.2 Å². The lowest BCUT2D eigenvalue weighted by molar-refractivity contribution is 0.414. The summed E-state index contributed by atoms with van der Waals surface area (Å²) in [6, 6.07) is 12.2. The maximum absolute atomic E-state index is 11.8. The monoisotopic (exact) mass is 366 g/mol. The molecular weight excluding hydrogens is 355 g/mol. The SMILES string of the molecule is COc1ccc2c(CSc3cc(Cl)ccc3Cl)cc(=O)oc2c1. The zero-order valence-corrected chi connectivity index (χ0v) is 14.5. The first kappa shape index (κ1) is 16.2. The summed E-state index contributed by atoms with van der Waals surface area (Å²) >= 11 is 13.7. The van der Waals surface area contributed by atoms with Crippen LogP contribution in [0.5, 0.6) is 5.75 Å². The van der Waals surface area contributed by atoms with E-state index in [-0.39, 0.29) is 0 Å². The van der Waals surface area contributed by atoms with Gasteiger partial charge in [-0.05, 0) is 35.9 Å². The normalized spacial score (nSPS) is 10.9. The van der Waals surface area contributed by atoms with E-state index in [0.29, 0.717) is 27.1 Å². The molecule has 0 bridgehead atoms. The van der Waals surface area contributed by atoms with Gasteiger partial charge in [0.25, 0.3) is 0 Å². The number of fused-ring (bicyclic) bond motifs is 1. The number of hydrogen-bond donors (Lipinski definition) is 0. The Morgan fingerprint density at radius 2 is 1.96 bits per heavy atom. The van der Waals surface area contributed by atoms with Crippen LogP contribution < -0.4 is 10.4 Å². The quantitative estimate of drug-likeness (QED) is 0.457. The molecule has 0 aliphatic heterocycles. The van der Waals surface area contributed by atoms with E-state index < -0.39 is 5.63 Å². The molecular formula is C17H12Cl2O3S. The molecule has 23 heavy (non-hydrogen) atoms. The Labute approximate surface area is 147 Å². The molecule has 0 radical (unpaired) electrons. The van der Waals surface area contributed by atoms with Crippen molar-refractivity contribution in [2.45, 2.75) is 10.6 Å². The fourth-order valence-electron chi connectivity index (χ4n) is 2.20. The molecule has 2 aromatic carbocycles. The second-order valence-electron chi connectivity index (χ2n) is 4.82. The third-order valence-electron chi connectivity index (χ3n) is 3.31. The van der Waals surface area contributed by atoms with Crippen molar-refractivity contribution >= 4 is 45.9 Å². The smallest absolute Gasteiger partial charge is 0.336 e. The number of benzene rings is 2. The van der Waals surface area contributed by atoms with Crippen LogP contribution in [0.3, 0.4) is 0 Å². The summed E-state index contributed by atoms with van der Waals surface area (Å²) in [5.41, 5.74) is 0.989. The van der Waals surface area contributed by atoms with Gasteiger partial charge in [-0.25, -0.2) is 4.79 Å². The predicted octanol–water partition coefficient (Wildman–Crippen LogP) is 5.40. The van der Waals surface area contributed by atoms with Gasteiger partial charge in [-0.15, -0.1) is 11.8 Å². The predicted molar refractivity (Wildman–Crippen MR) is 95.1 cm³/mol. The Hall–Kier alpha value is -1.62. The second-order valence-corrected chi connectivity index (χ2v) is 6.68. The Balaban J connectivity index is 1.96. The lowest BCUT2D eigenvalue weighted by Gasteiger charge is -2.08. The van der Waals surface area contributed by atoms with E-state index in [1.54, 1.807) is 25.3 Å². The van der Waals surface area contributed by atoms with Gasteiger partial charge in [-0.3, -0.25) is 0 Å².